The largest absolute Gasteiger partial charge is 0.378 e. The average Bonchev–Trinajstić information content (AvgIpc) is 2.81. The van der Waals surface area contributed by atoms with Crippen LogP contribution in [-0.2, 0) is 11.2 Å². The molecule has 2 nitrogen and oxygen atoms in total. The summed E-state index contributed by atoms with van der Waals surface area (Å²) in [6, 6.07) is 4.06. The maximum Gasteiger partial charge on any atom is 0.0576 e. The summed E-state index contributed by atoms with van der Waals surface area (Å²) in [7, 11) is 0. The van der Waals surface area contributed by atoms with Gasteiger partial charge in [0, 0.05) is 24.4 Å². The molecule has 0 aromatic carbocycles. The van der Waals surface area contributed by atoms with Gasteiger partial charge in [-0.25, -0.2) is 0 Å². The lowest BCUT2D eigenvalue weighted by Gasteiger charge is -2.12. The van der Waals surface area contributed by atoms with E-state index >= 15 is 0 Å². The van der Waals surface area contributed by atoms with E-state index in [1.807, 2.05) is 24.5 Å². The van der Waals surface area contributed by atoms with E-state index in [4.69, 9.17) is 16.3 Å². The van der Waals surface area contributed by atoms with E-state index in [0.717, 1.165) is 25.9 Å². The number of pyridine rings is 1. The first kappa shape index (κ1) is 11.9. The van der Waals surface area contributed by atoms with Crippen molar-refractivity contribution in [1.82, 2.24) is 4.98 Å². The molecule has 1 aliphatic heterocycles. The van der Waals surface area contributed by atoms with Crippen LogP contribution < -0.4 is 0 Å². The number of ether oxygens (including phenoxy) is 1. The summed E-state index contributed by atoms with van der Waals surface area (Å²) in [6.07, 6.45) is 9.57. The fourth-order valence-electron chi connectivity index (χ4n) is 2.12. The van der Waals surface area contributed by atoms with Crippen molar-refractivity contribution in [3.8, 4) is 0 Å². The molecule has 16 heavy (non-hydrogen) atoms. The van der Waals surface area contributed by atoms with Gasteiger partial charge in [0.25, 0.3) is 0 Å². The van der Waals surface area contributed by atoms with Crippen LogP contribution in [0.1, 0.15) is 31.2 Å². The standard InChI is InChI=1S/C13H18ClNO/c14-12(3-4-13-2-1-9-16-13)10-11-5-7-15-8-6-11/h5-8,12-13H,1-4,9-10H2. The molecule has 0 aliphatic carbocycles. The molecule has 88 valence electrons. The van der Waals surface area contributed by atoms with Crippen molar-refractivity contribution in [2.75, 3.05) is 6.61 Å². The van der Waals surface area contributed by atoms with Gasteiger partial charge in [0.2, 0.25) is 0 Å². The minimum Gasteiger partial charge on any atom is -0.378 e. The number of hydrogen-bond acceptors (Lipinski definition) is 2. The molecule has 1 fully saturated rings. The highest BCUT2D eigenvalue weighted by atomic mass is 35.5. The zero-order chi connectivity index (χ0) is 11.2. The van der Waals surface area contributed by atoms with E-state index in [2.05, 4.69) is 4.98 Å². The number of halogens is 1. The van der Waals surface area contributed by atoms with Crippen molar-refractivity contribution in [2.45, 2.75) is 43.6 Å². The van der Waals surface area contributed by atoms with Crippen LogP contribution >= 0.6 is 11.6 Å². The minimum atomic E-state index is 0.214. The highest BCUT2D eigenvalue weighted by Gasteiger charge is 2.17. The quantitative estimate of drug-likeness (QED) is 0.737. The van der Waals surface area contributed by atoms with E-state index in [-0.39, 0.29) is 5.38 Å². The van der Waals surface area contributed by atoms with Crippen molar-refractivity contribution < 1.29 is 4.74 Å². The number of alkyl halides is 1. The molecular formula is C13H18ClNO. The molecule has 1 saturated heterocycles. The van der Waals surface area contributed by atoms with E-state index in [9.17, 15) is 0 Å². The van der Waals surface area contributed by atoms with Crippen molar-refractivity contribution in [1.29, 1.82) is 0 Å². The zero-order valence-corrected chi connectivity index (χ0v) is 10.2. The lowest BCUT2D eigenvalue weighted by Crippen LogP contribution is -2.10. The summed E-state index contributed by atoms with van der Waals surface area (Å²) >= 11 is 6.32. The van der Waals surface area contributed by atoms with Gasteiger partial charge in [-0.3, -0.25) is 4.98 Å². The van der Waals surface area contributed by atoms with E-state index in [1.54, 1.807) is 0 Å². The van der Waals surface area contributed by atoms with Gasteiger partial charge in [-0.1, -0.05) is 0 Å². The van der Waals surface area contributed by atoms with Crippen LogP contribution in [0.25, 0.3) is 0 Å². The first-order valence-corrected chi connectivity index (χ1v) is 6.43. The van der Waals surface area contributed by atoms with Gasteiger partial charge in [-0.2, -0.15) is 0 Å². The van der Waals surface area contributed by atoms with Gasteiger partial charge in [-0.05, 0) is 49.8 Å². The van der Waals surface area contributed by atoms with Gasteiger partial charge >= 0.3 is 0 Å². The molecule has 0 bridgehead atoms. The Morgan fingerprint density at radius 1 is 1.44 bits per heavy atom. The lowest BCUT2D eigenvalue weighted by atomic mass is 10.0. The molecule has 0 amide bonds. The molecule has 2 rings (SSSR count). The predicted octanol–water partition coefficient (Wildman–Crippen LogP) is 3.19. The summed E-state index contributed by atoms with van der Waals surface area (Å²) in [6.45, 7) is 0.933. The summed E-state index contributed by atoms with van der Waals surface area (Å²) in [5.74, 6) is 0. The predicted molar refractivity (Wildman–Crippen MR) is 65.8 cm³/mol. The van der Waals surface area contributed by atoms with Crippen molar-refractivity contribution in [2.24, 2.45) is 0 Å². The first-order chi connectivity index (χ1) is 7.84. The highest BCUT2D eigenvalue weighted by molar-refractivity contribution is 6.20. The lowest BCUT2D eigenvalue weighted by molar-refractivity contribution is 0.102. The van der Waals surface area contributed by atoms with Crippen LogP contribution in [-0.4, -0.2) is 23.1 Å². The Balaban J connectivity index is 1.69. The molecule has 1 aromatic rings. The topological polar surface area (TPSA) is 22.1 Å². The highest BCUT2D eigenvalue weighted by Crippen LogP contribution is 2.20. The van der Waals surface area contributed by atoms with E-state index in [0.29, 0.717) is 6.10 Å². The van der Waals surface area contributed by atoms with Crippen LogP contribution in [0.3, 0.4) is 0 Å². The van der Waals surface area contributed by atoms with Gasteiger partial charge in [0.1, 0.15) is 0 Å². The van der Waals surface area contributed by atoms with Crippen molar-refractivity contribution in [3.63, 3.8) is 0 Å². The van der Waals surface area contributed by atoms with Gasteiger partial charge in [-0.15, -0.1) is 11.6 Å². The van der Waals surface area contributed by atoms with Gasteiger partial charge < -0.3 is 4.74 Å². The van der Waals surface area contributed by atoms with Gasteiger partial charge in [0.15, 0.2) is 0 Å². The molecule has 1 aromatic heterocycles. The number of aromatic nitrogens is 1. The zero-order valence-electron chi connectivity index (χ0n) is 9.44. The molecule has 2 unspecified atom stereocenters. The number of nitrogens with zero attached hydrogens (tertiary/aromatic N) is 1. The molecule has 3 heteroatoms. The third kappa shape index (κ3) is 3.76. The molecule has 2 atom stereocenters. The fraction of sp³-hybridized carbons (Fsp3) is 0.615. The first-order valence-electron chi connectivity index (χ1n) is 5.99. The van der Waals surface area contributed by atoms with Crippen LogP contribution in [0.2, 0.25) is 0 Å². The Bertz CT molecular complexity index is 298. The molecular weight excluding hydrogens is 222 g/mol. The Morgan fingerprint density at radius 3 is 2.94 bits per heavy atom. The molecule has 0 saturated carbocycles. The SMILES string of the molecule is ClC(CCC1CCCO1)Cc1ccncc1. The van der Waals surface area contributed by atoms with Crippen LogP contribution in [0, 0.1) is 0 Å². The Kier molecular flexibility index (Phi) is 4.61. The van der Waals surface area contributed by atoms with Gasteiger partial charge in [0.05, 0.1) is 6.10 Å². The fourth-order valence-corrected chi connectivity index (χ4v) is 2.42. The monoisotopic (exact) mass is 239 g/mol. The minimum absolute atomic E-state index is 0.214. The Hall–Kier alpha value is -0.600. The third-order valence-electron chi connectivity index (χ3n) is 3.03. The third-order valence-corrected chi connectivity index (χ3v) is 3.40. The maximum absolute atomic E-state index is 6.32. The molecule has 1 aliphatic rings. The smallest absolute Gasteiger partial charge is 0.0576 e. The second kappa shape index (κ2) is 6.21. The Morgan fingerprint density at radius 2 is 2.25 bits per heavy atom. The average molecular weight is 240 g/mol. The maximum atomic E-state index is 6.32. The van der Waals surface area contributed by atoms with Crippen molar-refractivity contribution in [3.05, 3.63) is 30.1 Å². The Labute approximate surface area is 102 Å². The normalized spacial score (nSPS) is 22.2. The van der Waals surface area contributed by atoms with E-state index < -0.39 is 0 Å². The van der Waals surface area contributed by atoms with E-state index in [1.165, 1.54) is 18.4 Å². The molecule has 0 radical (unpaired) electrons. The molecule has 0 N–H and O–H groups in total. The summed E-state index contributed by atoms with van der Waals surface area (Å²) in [5.41, 5.74) is 1.27. The van der Waals surface area contributed by atoms with Crippen LogP contribution in [0.15, 0.2) is 24.5 Å². The van der Waals surface area contributed by atoms with Crippen molar-refractivity contribution >= 4 is 11.6 Å². The van der Waals surface area contributed by atoms with Crippen LogP contribution in [0.4, 0.5) is 0 Å². The number of hydrogen-bond donors (Lipinski definition) is 0. The molecule has 0 spiro atoms. The summed E-state index contributed by atoms with van der Waals surface area (Å²) < 4.78 is 5.58. The van der Waals surface area contributed by atoms with Crippen LogP contribution in [0.5, 0.6) is 0 Å². The number of rotatable bonds is 5. The molecule has 2 heterocycles. The summed E-state index contributed by atoms with van der Waals surface area (Å²) in [5, 5.41) is 0.214. The summed E-state index contributed by atoms with van der Waals surface area (Å²) in [4.78, 5) is 4.00. The second-order valence-corrected chi connectivity index (χ2v) is 4.99. The second-order valence-electron chi connectivity index (χ2n) is 4.37.